The van der Waals surface area contributed by atoms with Crippen LogP contribution in [0, 0.1) is 16.7 Å². The second kappa shape index (κ2) is 5.23. The summed E-state index contributed by atoms with van der Waals surface area (Å²) in [5, 5.41) is 13.7. The van der Waals surface area contributed by atoms with Gasteiger partial charge in [0.1, 0.15) is 0 Å². The van der Waals surface area contributed by atoms with Gasteiger partial charge in [0, 0.05) is 0 Å². The molecule has 1 aromatic carbocycles. The van der Waals surface area contributed by atoms with Gasteiger partial charge >= 0.3 is 109 Å². The van der Waals surface area contributed by atoms with Crippen LogP contribution in [0.1, 0.15) is 20.3 Å². The molecule has 2 unspecified atom stereocenters. The third kappa shape index (κ3) is 3.10. The molecule has 0 spiro atoms. The molecule has 1 fully saturated rings. The fourth-order valence-electron chi connectivity index (χ4n) is 2.31. The summed E-state index contributed by atoms with van der Waals surface area (Å²) in [6.07, 6.45) is 1.11. The maximum atomic E-state index is 9.10. The Morgan fingerprint density at radius 2 is 2.12 bits per heavy atom. The summed E-state index contributed by atoms with van der Waals surface area (Å²) in [7, 11) is 0. The first-order valence-corrected chi connectivity index (χ1v) is 8.02. The van der Waals surface area contributed by atoms with E-state index in [1.165, 1.54) is 9.78 Å². The molecule has 2 rings (SSSR count). The van der Waals surface area contributed by atoms with Crippen molar-refractivity contribution < 1.29 is 0 Å². The van der Waals surface area contributed by atoms with Crippen molar-refractivity contribution in [1.29, 1.82) is 5.26 Å². The normalized spacial score (nSPS) is 26.6. The summed E-state index contributed by atoms with van der Waals surface area (Å²) in [6, 6.07) is 13.5. The van der Waals surface area contributed by atoms with Gasteiger partial charge in [-0.15, -0.1) is 0 Å². The monoisotopic (exact) mass is 294 g/mol. The summed E-state index contributed by atoms with van der Waals surface area (Å²) in [5.74, 6) is 0. The van der Waals surface area contributed by atoms with Crippen LogP contribution in [-0.4, -0.2) is 27.0 Å². The van der Waals surface area contributed by atoms with Gasteiger partial charge < -0.3 is 0 Å². The quantitative estimate of drug-likeness (QED) is 0.861. The van der Waals surface area contributed by atoms with E-state index < -0.39 is 0 Å². The zero-order chi connectivity index (χ0) is 12.3. The number of nitriles is 1. The molecule has 1 aliphatic heterocycles. The van der Waals surface area contributed by atoms with Crippen LogP contribution in [0.3, 0.4) is 0 Å². The Balaban J connectivity index is 1.89. The Morgan fingerprint density at radius 1 is 1.41 bits per heavy atom. The Kier molecular flexibility index (Phi) is 3.89. The second-order valence-electron chi connectivity index (χ2n) is 5.24. The van der Waals surface area contributed by atoms with Crippen molar-refractivity contribution in [3.63, 3.8) is 0 Å². The van der Waals surface area contributed by atoms with Crippen molar-refractivity contribution in [2.75, 3.05) is 0 Å². The van der Waals surface area contributed by atoms with Gasteiger partial charge in [-0.3, -0.25) is 0 Å². The van der Waals surface area contributed by atoms with Crippen LogP contribution < -0.4 is 9.78 Å². The topological polar surface area (TPSA) is 35.8 Å². The molecule has 0 radical (unpaired) electrons. The number of hydrogen-bond acceptors (Lipinski definition) is 2. The zero-order valence-corrected chi connectivity index (χ0v) is 12.0. The van der Waals surface area contributed by atoms with Crippen LogP contribution in [0.2, 0.25) is 5.32 Å². The Labute approximate surface area is 110 Å². The Morgan fingerprint density at radius 3 is 2.71 bits per heavy atom. The fraction of sp³-hybridized carbons (Fsp3) is 0.500. The molecular weight excluding hydrogens is 275 g/mol. The van der Waals surface area contributed by atoms with Gasteiger partial charge in [-0.2, -0.15) is 0 Å². The average Bonchev–Trinajstić information content (AvgIpc) is 2.62. The molecule has 0 bridgehead atoms. The molecule has 0 saturated carbocycles. The van der Waals surface area contributed by atoms with E-state index in [4.69, 9.17) is 5.26 Å². The van der Waals surface area contributed by atoms with Crippen LogP contribution in [-0.2, 0) is 0 Å². The summed E-state index contributed by atoms with van der Waals surface area (Å²) < 4.78 is 1.44. The number of nitrogens with one attached hydrogen (secondary N) is 1. The average molecular weight is 293 g/mol. The molecule has 1 aromatic rings. The van der Waals surface area contributed by atoms with Gasteiger partial charge in [0.15, 0.2) is 0 Å². The third-order valence-electron chi connectivity index (χ3n) is 3.28. The molecule has 1 aliphatic rings. The van der Waals surface area contributed by atoms with Crippen LogP contribution >= 0.6 is 0 Å². The molecule has 3 heteroatoms. The molecule has 0 amide bonds. The molecule has 0 aromatic heterocycles. The molecule has 1 saturated heterocycles. The van der Waals surface area contributed by atoms with Gasteiger partial charge in [-0.25, -0.2) is 0 Å². The predicted octanol–water partition coefficient (Wildman–Crippen LogP) is 1.71. The van der Waals surface area contributed by atoms with E-state index in [-0.39, 0.29) is 11.5 Å². The summed E-state index contributed by atoms with van der Waals surface area (Å²) in [6.45, 7) is 4.37. The van der Waals surface area contributed by atoms with Crippen LogP contribution in [0.15, 0.2) is 30.3 Å². The number of nitrogens with zero attached hydrogens (tertiary/aromatic N) is 1. The predicted molar refractivity (Wildman–Crippen MR) is 71.4 cm³/mol. The van der Waals surface area contributed by atoms with Crippen molar-refractivity contribution in [2.24, 2.45) is 5.41 Å². The van der Waals surface area contributed by atoms with E-state index in [2.05, 4.69) is 55.6 Å². The standard InChI is InChI=1S/C14H18N2Se/c1-14(2)8-11(16-13(14)9-15)10-17-12-6-4-3-5-7-12/h3-7,11,13,16H,8,10H2,1-2H3. The number of rotatable bonds is 3. The number of hydrogen-bond donors (Lipinski definition) is 1. The van der Waals surface area contributed by atoms with Crippen LogP contribution in [0.25, 0.3) is 0 Å². The van der Waals surface area contributed by atoms with E-state index in [9.17, 15) is 0 Å². The summed E-state index contributed by atoms with van der Waals surface area (Å²) in [4.78, 5) is 0. The van der Waals surface area contributed by atoms with Crippen molar-refractivity contribution >= 4 is 19.4 Å². The first-order chi connectivity index (χ1) is 8.12. The zero-order valence-electron chi connectivity index (χ0n) is 10.3. The van der Waals surface area contributed by atoms with E-state index >= 15 is 0 Å². The van der Waals surface area contributed by atoms with Gasteiger partial charge in [0.2, 0.25) is 0 Å². The molecule has 1 heterocycles. The van der Waals surface area contributed by atoms with E-state index in [1.807, 2.05) is 0 Å². The van der Waals surface area contributed by atoms with Crippen molar-refractivity contribution in [1.82, 2.24) is 5.32 Å². The summed E-state index contributed by atoms with van der Waals surface area (Å²) >= 11 is 0.513. The van der Waals surface area contributed by atoms with Gasteiger partial charge in [0.05, 0.1) is 0 Å². The van der Waals surface area contributed by atoms with Gasteiger partial charge in [-0.1, -0.05) is 0 Å². The molecule has 2 nitrogen and oxygen atoms in total. The van der Waals surface area contributed by atoms with Crippen LogP contribution in [0.5, 0.6) is 0 Å². The van der Waals surface area contributed by atoms with Gasteiger partial charge in [0.25, 0.3) is 0 Å². The van der Waals surface area contributed by atoms with Crippen LogP contribution in [0.4, 0.5) is 0 Å². The van der Waals surface area contributed by atoms with E-state index in [1.54, 1.807) is 0 Å². The first kappa shape index (κ1) is 12.6. The van der Waals surface area contributed by atoms with E-state index in [0.717, 1.165) is 6.42 Å². The Hall–Kier alpha value is -0.811. The van der Waals surface area contributed by atoms with Crippen molar-refractivity contribution in [3.05, 3.63) is 30.3 Å². The third-order valence-corrected chi connectivity index (χ3v) is 5.74. The van der Waals surface area contributed by atoms with Crippen molar-refractivity contribution in [2.45, 2.75) is 37.7 Å². The Bertz CT molecular complexity index is 408. The fourth-order valence-corrected chi connectivity index (χ4v) is 4.31. The molecule has 90 valence electrons. The van der Waals surface area contributed by atoms with Gasteiger partial charge in [-0.05, 0) is 0 Å². The molecule has 2 atom stereocenters. The molecule has 17 heavy (non-hydrogen) atoms. The molecule has 0 aliphatic carbocycles. The van der Waals surface area contributed by atoms with Crippen molar-refractivity contribution in [3.8, 4) is 6.07 Å². The minimum atomic E-state index is 0.0130. The number of benzene rings is 1. The minimum absolute atomic E-state index is 0.0130. The first-order valence-electron chi connectivity index (χ1n) is 5.95. The molecule has 1 N–H and O–H groups in total. The summed E-state index contributed by atoms with van der Waals surface area (Å²) in [5.41, 5.74) is 0.117. The second-order valence-corrected chi connectivity index (χ2v) is 7.54. The maximum absolute atomic E-state index is 9.10. The van der Waals surface area contributed by atoms with E-state index in [0.29, 0.717) is 21.0 Å². The SMILES string of the molecule is CC1(C)CC(C[Se]c2ccccc2)NC1C#N. The molecular formula is C14H18N2Se.